The molecule has 0 spiro atoms. The second-order valence-corrected chi connectivity index (χ2v) is 25.0. The van der Waals surface area contributed by atoms with E-state index in [0.717, 1.165) is 89.9 Å². The van der Waals surface area contributed by atoms with Gasteiger partial charge in [-0.2, -0.15) is 0 Å². The highest BCUT2D eigenvalue weighted by Crippen LogP contribution is 2.30. The number of ether oxygens (including phenoxy) is 4. The van der Waals surface area contributed by atoms with Crippen LogP contribution in [0.1, 0.15) is 290 Å². The first-order valence-electron chi connectivity index (χ1n) is 35.7. The summed E-state index contributed by atoms with van der Waals surface area (Å²) in [5.74, 6) is -0.250. The van der Waals surface area contributed by atoms with Crippen molar-refractivity contribution in [1.29, 1.82) is 0 Å². The van der Waals surface area contributed by atoms with Crippen molar-refractivity contribution in [3.8, 4) is 0 Å². The summed E-state index contributed by atoms with van der Waals surface area (Å²) in [6, 6.07) is -0.927. The van der Waals surface area contributed by atoms with E-state index in [2.05, 4.69) is 79.9 Å². The van der Waals surface area contributed by atoms with Crippen molar-refractivity contribution in [3.05, 3.63) is 72.9 Å². The summed E-state index contributed by atoms with van der Waals surface area (Å²) in [6.45, 7) is 2.71. The summed E-state index contributed by atoms with van der Waals surface area (Å²) >= 11 is 0. The molecule has 2 rings (SSSR count). The standard InChI is InChI=1S/C73H131NO13/c1-3-5-7-9-11-13-15-17-19-21-23-25-27-28-29-30-31-32-33-35-36-38-40-42-44-46-48-50-52-54-56-62(77)61(60-84-72-70(83)68(81)71(64(59-76)86-72)87-73-69(82)67(80)66(79)63(58-75)85-73)74-65(78)57-55-53-51-49-47-45-43-41-39-37-34-26-24-22-20-18-16-14-12-10-8-6-4-2/h6,8,12,14,18,20,24,26,37,39,54,56,61-64,66-73,75-77,79-83H,3-5,7,9-11,13,15-17,19,21-23,25,27-36,38,40-53,55,57-60H2,1-2H3,(H,74,78)/b8-6-,14-12-,20-18-,26-24-,39-37-,56-54+. The van der Waals surface area contributed by atoms with Crippen molar-refractivity contribution in [1.82, 2.24) is 5.32 Å². The maximum absolute atomic E-state index is 13.3. The predicted octanol–water partition coefficient (Wildman–Crippen LogP) is 14.6. The Labute approximate surface area is 529 Å². The van der Waals surface area contributed by atoms with Crippen LogP contribution in [0.25, 0.3) is 0 Å². The third kappa shape index (κ3) is 41.5. The number of amides is 1. The summed E-state index contributed by atoms with van der Waals surface area (Å²) in [6.07, 6.45) is 61.0. The normalized spacial score (nSPS) is 23.7. The van der Waals surface area contributed by atoms with Crippen LogP contribution in [0.5, 0.6) is 0 Å². The summed E-state index contributed by atoms with van der Waals surface area (Å²) in [5.41, 5.74) is 0. The lowest BCUT2D eigenvalue weighted by Gasteiger charge is -2.46. The molecule has 2 saturated heterocycles. The zero-order chi connectivity index (χ0) is 63.1. The average Bonchev–Trinajstić information content (AvgIpc) is 2.33. The molecular weight excluding hydrogens is 1100 g/mol. The van der Waals surface area contributed by atoms with Gasteiger partial charge < -0.3 is 65.1 Å². The Morgan fingerprint density at radius 2 is 0.793 bits per heavy atom. The summed E-state index contributed by atoms with van der Waals surface area (Å²) in [5, 5.41) is 87.5. The van der Waals surface area contributed by atoms with Gasteiger partial charge in [-0.25, -0.2) is 0 Å². The Morgan fingerprint density at radius 3 is 1.22 bits per heavy atom. The third-order valence-electron chi connectivity index (χ3n) is 17.1. The van der Waals surface area contributed by atoms with Gasteiger partial charge in [0.1, 0.15) is 48.8 Å². The quantitative estimate of drug-likeness (QED) is 0.0204. The number of hydrogen-bond donors (Lipinski definition) is 9. The fraction of sp³-hybridized carbons (Fsp3) is 0.822. The van der Waals surface area contributed by atoms with Crippen molar-refractivity contribution >= 4 is 5.91 Å². The second-order valence-electron chi connectivity index (χ2n) is 25.0. The molecule has 14 heteroatoms. The number of aliphatic hydroxyl groups excluding tert-OH is 8. The van der Waals surface area contributed by atoms with Crippen LogP contribution in [-0.2, 0) is 23.7 Å². The first-order chi connectivity index (χ1) is 42.6. The topological polar surface area (TPSA) is 228 Å². The van der Waals surface area contributed by atoms with Crippen LogP contribution in [-0.4, -0.2) is 140 Å². The fourth-order valence-electron chi connectivity index (χ4n) is 11.5. The summed E-state index contributed by atoms with van der Waals surface area (Å²) in [7, 11) is 0. The Morgan fingerprint density at radius 1 is 0.425 bits per heavy atom. The Balaban J connectivity index is 1.68. The molecule has 2 heterocycles. The molecule has 9 N–H and O–H groups in total. The zero-order valence-electron chi connectivity index (χ0n) is 55.0. The minimum atomic E-state index is -1.79. The highest BCUT2D eigenvalue weighted by atomic mass is 16.7. The van der Waals surface area contributed by atoms with E-state index >= 15 is 0 Å². The molecule has 12 atom stereocenters. The average molecular weight is 1230 g/mol. The Hall–Kier alpha value is -2.57. The lowest BCUT2D eigenvalue weighted by Crippen LogP contribution is -2.65. The highest BCUT2D eigenvalue weighted by Gasteiger charge is 2.51. The van der Waals surface area contributed by atoms with Crippen LogP contribution in [0.3, 0.4) is 0 Å². The van der Waals surface area contributed by atoms with Crippen LogP contribution in [0.15, 0.2) is 72.9 Å². The van der Waals surface area contributed by atoms with Crippen LogP contribution < -0.4 is 5.32 Å². The van der Waals surface area contributed by atoms with Gasteiger partial charge in [-0.1, -0.05) is 292 Å². The minimum Gasteiger partial charge on any atom is -0.394 e. The number of aliphatic hydroxyl groups is 8. The van der Waals surface area contributed by atoms with E-state index in [4.69, 9.17) is 18.9 Å². The molecule has 0 aliphatic carbocycles. The molecule has 0 bridgehead atoms. The van der Waals surface area contributed by atoms with E-state index in [1.165, 1.54) is 173 Å². The largest absolute Gasteiger partial charge is 0.394 e. The van der Waals surface area contributed by atoms with Crippen LogP contribution in [0, 0.1) is 0 Å². The molecule has 2 aliphatic heterocycles. The van der Waals surface area contributed by atoms with E-state index in [1.54, 1.807) is 6.08 Å². The first-order valence-corrected chi connectivity index (χ1v) is 35.7. The third-order valence-corrected chi connectivity index (χ3v) is 17.1. The summed E-state index contributed by atoms with van der Waals surface area (Å²) < 4.78 is 22.9. The van der Waals surface area contributed by atoms with Gasteiger partial charge in [0.05, 0.1) is 32.0 Å². The lowest BCUT2D eigenvalue weighted by atomic mass is 9.97. The van der Waals surface area contributed by atoms with Crippen LogP contribution in [0.2, 0.25) is 0 Å². The van der Waals surface area contributed by atoms with E-state index in [1.807, 2.05) is 6.08 Å². The molecule has 0 aromatic carbocycles. The number of unbranched alkanes of at least 4 members (excludes halogenated alkanes) is 35. The number of nitrogens with one attached hydrogen (secondary N) is 1. The van der Waals surface area contributed by atoms with Gasteiger partial charge in [0.2, 0.25) is 5.91 Å². The SMILES string of the molecule is CC/C=C\C/C=C\C/C=C\C/C=C\C/C=C\CCCCCCCCCC(=O)NC(COC1OC(CO)C(OC2OC(CO)C(O)C(O)C2O)C(O)C1O)C(O)/C=C/CCCCCCCCCCCCCCCCCCCCCCCCCCCCCC. The van der Waals surface area contributed by atoms with E-state index < -0.39 is 86.8 Å². The molecule has 14 nitrogen and oxygen atoms in total. The van der Waals surface area contributed by atoms with Crippen molar-refractivity contribution in [2.75, 3.05) is 19.8 Å². The van der Waals surface area contributed by atoms with Gasteiger partial charge in [0, 0.05) is 6.42 Å². The Kier molecular flexibility index (Phi) is 53.1. The molecule has 87 heavy (non-hydrogen) atoms. The highest BCUT2D eigenvalue weighted by molar-refractivity contribution is 5.76. The van der Waals surface area contributed by atoms with Gasteiger partial charge >= 0.3 is 0 Å². The Bertz CT molecular complexity index is 1740. The van der Waals surface area contributed by atoms with E-state index in [-0.39, 0.29) is 18.9 Å². The summed E-state index contributed by atoms with van der Waals surface area (Å²) in [4.78, 5) is 13.3. The van der Waals surface area contributed by atoms with Gasteiger partial charge in [-0.15, -0.1) is 0 Å². The predicted molar refractivity (Wildman–Crippen MR) is 355 cm³/mol. The van der Waals surface area contributed by atoms with E-state index in [0.29, 0.717) is 6.42 Å². The van der Waals surface area contributed by atoms with Crippen molar-refractivity contribution in [3.63, 3.8) is 0 Å². The van der Waals surface area contributed by atoms with Gasteiger partial charge in [-0.05, 0) is 64.2 Å². The zero-order valence-corrected chi connectivity index (χ0v) is 55.0. The maximum atomic E-state index is 13.3. The van der Waals surface area contributed by atoms with Crippen LogP contribution >= 0.6 is 0 Å². The van der Waals surface area contributed by atoms with Crippen molar-refractivity contribution in [2.24, 2.45) is 0 Å². The molecule has 0 aromatic heterocycles. The number of rotatable bonds is 58. The number of carbonyl (C=O) groups is 1. The maximum Gasteiger partial charge on any atom is 0.220 e. The van der Waals surface area contributed by atoms with Crippen molar-refractivity contribution in [2.45, 2.75) is 364 Å². The fourth-order valence-corrected chi connectivity index (χ4v) is 11.5. The second kappa shape index (κ2) is 57.3. The molecule has 2 aliphatic rings. The molecule has 12 unspecified atom stereocenters. The van der Waals surface area contributed by atoms with E-state index in [9.17, 15) is 45.6 Å². The number of hydrogen-bond acceptors (Lipinski definition) is 13. The number of allylic oxidation sites excluding steroid dienone is 11. The molecule has 0 saturated carbocycles. The molecule has 1 amide bonds. The van der Waals surface area contributed by atoms with Crippen LogP contribution in [0.4, 0.5) is 0 Å². The minimum absolute atomic E-state index is 0.250. The smallest absolute Gasteiger partial charge is 0.220 e. The molecule has 0 aromatic rings. The van der Waals surface area contributed by atoms with Gasteiger partial charge in [-0.3, -0.25) is 4.79 Å². The molecular formula is C73H131NO13. The molecule has 506 valence electrons. The monoisotopic (exact) mass is 1230 g/mol. The molecule has 2 fully saturated rings. The lowest BCUT2D eigenvalue weighted by molar-refractivity contribution is -0.359. The molecule has 0 radical (unpaired) electrons. The van der Waals surface area contributed by atoms with Gasteiger partial charge in [0.25, 0.3) is 0 Å². The van der Waals surface area contributed by atoms with Gasteiger partial charge in [0.15, 0.2) is 12.6 Å². The van der Waals surface area contributed by atoms with Crippen molar-refractivity contribution < 1.29 is 64.6 Å². The number of carbonyl (C=O) groups excluding carboxylic acids is 1. The first kappa shape index (κ1) is 80.5.